The minimum Gasteiger partial charge on any atom is -0.259 e. The molecule has 68 valence electrons. The van der Waals surface area contributed by atoms with Crippen molar-refractivity contribution in [3.05, 3.63) is 50.4 Å². The molecule has 0 fully saturated rings. The fourth-order valence-corrected chi connectivity index (χ4v) is 1.16. The number of nitro groups is 1. The third-order valence-electron chi connectivity index (χ3n) is 1.33. The van der Waals surface area contributed by atoms with Crippen LogP contribution in [0.4, 0.5) is 4.39 Å². The maximum Gasteiger partial charge on any atom is 0.235 e. The number of nitrogens with zero attached hydrogens (tertiary/aromatic N) is 1. The number of benzene rings is 1. The lowest BCUT2D eigenvalue weighted by atomic mass is 10.2. The van der Waals surface area contributed by atoms with Crippen molar-refractivity contribution in [3.63, 3.8) is 0 Å². The normalized spacial score (nSPS) is 10.6. The van der Waals surface area contributed by atoms with Crippen LogP contribution < -0.4 is 0 Å². The first-order valence-corrected chi connectivity index (χ1v) is 4.15. The molecule has 0 saturated heterocycles. The molecule has 1 aromatic rings. The van der Waals surface area contributed by atoms with Gasteiger partial charge in [-0.05, 0) is 23.8 Å². The van der Waals surface area contributed by atoms with Crippen molar-refractivity contribution < 1.29 is 9.31 Å². The van der Waals surface area contributed by atoms with E-state index in [0.717, 1.165) is 6.20 Å². The van der Waals surface area contributed by atoms with E-state index in [1.165, 1.54) is 24.3 Å². The second-order valence-electron chi connectivity index (χ2n) is 2.27. The van der Waals surface area contributed by atoms with E-state index in [2.05, 4.69) is 15.9 Å². The van der Waals surface area contributed by atoms with Crippen LogP contribution in [0, 0.1) is 15.9 Å². The van der Waals surface area contributed by atoms with Crippen LogP contribution in [0.3, 0.4) is 0 Å². The zero-order valence-corrected chi connectivity index (χ0v) is 7.99. The Morgan fingerprint density at radius 3 is 2.85 bits per heavy atom. The predicted molar refractivity (Wildman–Crippen MR) is 50.1 cm³/mol. The molecule has 0 radical (unpaired) electrons. The highest BCUT2D eigenvalue weighted by Crippen LogP contribution is 2.18. The van der Waals surface area contributed by atoms with Crippen molar-refractivity contribution in [2.75, 3.05) is 0 Å². The van der Waals surface area contributed by atoms with E-state index in [-0.39, 0.29) is 0 Å². The summed E-state index contributed by atoms with van der Waals surface area (Å²) in [5.41, 5.74) is 0.441. The maximum absolute atomic E-state index is 12.6. The minimum absolute atomic E-state index is 0.425. The van der Waals surface area contributed by atoms with Gasteiger partial charge in [0.25, 0.3) is 0 Å². The lowest BCUT2D eigenvalue weighted by molar-refractivity contribution is -0.400. The van der Waals surface area contributed by atoms with Gasteiger partial charge in [0.15, 0.2) is 0 Å². The Labute approximate surface area is 82.2 Å². The van der Waals surface area contributed by atoms with E-state index < -0.39 is 10.7 Å². The van der Waals surface area contributed by atoms with Gasteiger partial charge in [-0.3, -0.25) is 10.1 Å². The molecule has 0 N–H and O–H groups in total. The molecule has 1 aromatic carbocycles. The van der Waals surface area contributed by atoms with Crippen LogP contribution >= 0.6 is 15.9 Å². The van der Waals surface area contributed by atoms with Gasteiger partial charge in [-0.2, -0.15) is 0 Å². The molecule has 1 rings (SSSR count). The number of halogens is 2. The van der Waals surface area contributed by atoms with Gasteiger partial charge in [0, 0.05) is 10.5 Å². The largest absolute Gasteiger partial charge is 0.259 e. The van der Waals surface area contributed by atoms with Gasteiger partial charge < -0.3 is 0 Å². The van der Waals surface area contributed by atoms with Crippen molar-refractivity contribution in [2.45, 2.75) is 0 Å². The fourth-order valence-electron chi connectivity index (χ4n) is 0.783. The lowest BCUT2D eigenvalue weighted by Crippen LogP contribution is -1.84. The zero-order chi connectivity index (χ0) is 9.84. The summed E-state index contributed by atoms with van der Waals surface area (Å²) >= 11 is 3.14. The molecule has 0 unspecified atom stereocenters. The Morgan fingerprint density at radius 2 is 2.23 bits per heavy atom. The van der Waals surface area contributed by atoms with E-state index in [1.54, 1.807) is 0 Å². The molecule has 0 aromatic heterocycles. The molecule has 0 aliphatic rings. The highest BCUT2D eigenvalue weighted by atomic mass is 79.9. The van der Waals surface area contributed by atoms with Crippen LogP contribution in [0.1, 0.15) is 5.56 Å². The predicted octanol–water partition coefficient (Wildman–Crippen LogP) is 2.84. The number of hydrogen-bond acceptors (Lipinski definition) is 2. The fraction of sp³-hybridized carbons (Fsp3) is 0. The van der Waals surface area contributed by atoms with E-state index >= 15 is 0 Å². The Hall–Kier alpha value is -1.23. The monoisotopic (exact) mass is 245 g/mol. The highest BCUT2D eigenvalue weighted by molar-refractivity contribution is 9.10. The average Bonchev–Trinajstić information content (AvgIpc) is 2.06. The van der Waals surface area contributed by atoms with Gasteiger partial charge in [-0.25, -0.2) is 4.39 Å². The third-order valence-corrected chi connectivity index (χ3v) is 2.06. The highest BCUT2D eigenvalue weighted by Gasteiger charge is 1.99. The molecule has 0 amide bonds. The summed E-state index contributed by atoms with van der Waals surface area (Å²) in [6.07, 6.45) is 1.99. The molecule has 0 spiro atoms. The van der Waals surface area contributed by atoms with Crippen molar-refractivity contribution in [1.29, 1.82) is 0 Å². The van der Waals surface area contributed by atoms with Gasteiger partial charge in [-0.15, -0.1) is 0 Å². The van der Waals surface area contributed by atoms with Gasteiger partial charge in [0.05, 0.1) is 4.92 Å². The maximum atomic E-state index is 12.6. The molecule has 13 heavy (non-hydrogen) atoms. The number of hydrogen-bond donors (Lipinski definition) is 0. The summed E-state index contributed by atoms with van der Waals surface area (Å²) in [4.78, 5) is 9.38. The van der Waals surface area contributed by atoms with E-state index in [0.29, 0.717) is 10.0 Å². The van der Waals surface area contributed by atoms with Crippen LogP contribution in [-0.2, 0) is 0 Å². The molecule has 0 aliphatic carbocycles. The zero-order valence-electron chi connectivity index (χ0n) is 6.41. The molecule has 0 aliphatic heterocycles. The average molecular weight is 246 g/mol. The Balaban J connectivity index is 3.00. The molecule has 0 saturated carbocycles. The summed E-state index contributed by atoms with van der Waals surface area (Å²) in [5.74, 6) is -0.425. The SMILES string of the molecule is O=[N+]([O-])/C=C/c1cc(F)ccc1Br. The van der Waals surface area contributed by atoms with Gasteiger partial charge in [0.1, 0.15) is 5.82 Å². The summed E-state index contributed by atoms with van der Waals surface area (Å²) in [7, 11) is 0. The van der Waals surface area contributed by atoms with Crippen molar-refractivity contribution in [2.24, 2.45) is 0 Å². The first-order valence-electron chi connectivity index (χ1n) is 3.36. The van der Waals surface area contributed by atoms with Crippen molar-refractivity contribution >= 4 is 22.0 Å². The molecule has 0 heterocycles. The Bertz CT molecular complexity index is 365. The van der Waals surface area contributed by atoms with Crippen molar-refractivity contribution in [3.8, 4) is 0 Å². The minimum atomic E-state index is -0.600. The number of rotatable bonds is 2. The second-order valence-corrected chi connectivity index (χ2v) is 3.12. The van der Waals surface area contributed by atoms with Crippen LogP contribution in [0.25, 0.3) is 6.08 Å². The second kappa shape index (κ2) is 4.13. The first kappa shape index (κ1) is 9.85. The molecular weight excluding hydrogens is 241 g/mol. The third kappa shape index (κ3) is 2.95. The Kier molecular flexibility index (Phi) is 3.13. The topological polar surface area (TPSA) is 43.1 Å². The quantitative estimate of drug-likeness (QED) is 0.594. The molecular formula is C8H5BrFNO2. The summed E-state index contributed by atoms with van der Waals surface area (Å²) in [6.45, 7) is 0. The van der Waals surface area contributed by atoms with Crippen LogP contribution in [0.5, 0.6) is 0 Å². The molecule has 0 bridgehead atoms. The smallest absolute Gasteiger partial charge is 0.235 e. The van der Waals surface area contributed by atoms with Gasteiger partial charge >= 0.3 is 0 Å². The van der Waals surface area contributed by atoms with Gasteiger partial charge in [-0.1, -0.05) is 15.9 Å². The molecule has 5 heteroatoms. The first-order chi connectivity index (χ1) is 6.09. The summed E-state index contributed by atoms with van der Waals surface area (Å²) in [5, 5.41) is 9.98. The van der Waals surface area contributed by atoms with E-state index in [9.17, 15) is 14.5 Å². The molecule has 0 atom stereocenters. The summed E-state index contributed by atoms with van der Waals surface area (Å²) in [6, 6.07) is 3.98. The summed E-state index contributed by atoms with van der Waals surface area (Å²) < 4.78 is 13.3. The van der Waals surface area contributed by atoms with Gasteiger partial charge in [0.2, 0.25) is 6.20 Å². The van der Waals surface area contributed by atoms with Crippen molar-refractivity contribution in [1.82, 2.24) is 0 Å². The Morgan fingerprint density at radius 1 is 1.54 bits per heavy atom. The lowest BCUT2D eigenvalue weighted by Gasteiger charge is -1.95. The molecule has 3 nitrogen and oxygen atoms in total. The van der Waals surface area contributed by atoms with Crippen LogP contribution in [0.15, 0.2) is 28.9 Å². The van der Waals surface area contributed by atoms with Crippen LogP contribution in [-0.4, -0.2) is 4.92 Å². The standard InChI is InChI=1S/C8H5BrFNO2/c9-8-2-1-7(10)5-6(8)3-4-11(12)13/h1-5H/b4-3+. The van der Waals surface area contributed by atoms with Crippen LogP contribution in [0.2, 0.25) is 0 Å². The van der Waals surface area contributed by atoms with E-state index in [4.69, 9.17) is 0 Å². The van der Waals surface area contributed by atoms with E-state index in [1.807, 2.05) is 0 Å².